The van der Waals surface area contributed by atoms with Gasteiger partial charge in [0, 0.05) is 0 Å². The van der Waals surface area contributed by atoms with Gasteiger partial charge in [0.1, 0.15) is 4.58 Å². The van der Waals surface area contributed by atoms with Crippen LogP contribution in [0.2, 0.25) is 0 Å². The first kappa shape index (κ1) is 16.5. The lowest BCUT2D eigenvalue weighted by Gasteiger charge is -1.99. The van der Waals surface area contributed by atoms with Gasteiger partial charge < -0.3 is 15.3 Å². The van der Waals surface area contributed by atoms with Crippen molar-refractivity contribution in [3.8, 4) is 0 Å². The fraction of sp³-hybridized carbons (Fsp3) is 0.875. The van der Waals surface area contributed by atoms with Gasteiger partial charge in [-0.15, -0.1) is 0 Å². The minimum Gasteiger partial charge on any atom is -0.480 e. The molecule has 14 heavy (non-hydrogen) atoms. The highest BCUT2D eigenvalue weighted by molar-refractivity contribution is 8.00. The molecule has 0 atom stereocenters. The van der Waals surface area contributed by atoms with Crippen LogP contribution in [-0.4, -0.2) is 32.2 Å². The Kier molecular flexibility index (Phi) is 13.2. The molecule has 6 heteroatoms. The van der Waals surface area contributed by atoms with Gasteiger partial charge in [0.2, 0.25) is 0 Å². The van der Waals surface area contributed by atoms with Crippen LogP contribution in [0, 0.1) is 0 Å². The van der Waals surface area contributed by atoms with E-state index in [4.69, 9.17) is 15.3 Å². The zero-order chi connectivity index (χ0) is 11.6. The second-order valence-electron chi connectivity index (χ2n) is 2.69. The van der Waals surface area contributed by atoms with Crippen LogP contribution in [-0.2, 0) is 4.79 Å². The number of thiol groups is 2. The summed E-state index contributed by atoms with van der Waals surface area (Å²) < 4.78 is -0.843. The van der Waals surface area contributed by atoms with Crippen molar-refractivity contribution in [3.63, 3.8) is 0 Å². The number of carboxylic acids is 1. The van der Waals surface area contributed by atoms with Crippen LogP contribution in [0.25, 0.3) is 0 Å². The molecular weight excluding hydrogens is 224 g/mol. The van der Waals surface area contributed by atoms with Crippen molar-refractivity contribution in [1.29, 1.82) is 0 Å². The number of aliphatic hydroxyl groups is 2. The van der Waals surface area contributed by atoms with Crippen LogP contribution >= 0.6 is 25.3 Å². The molecule has 0 aromatic rings. The predicted molar refractivity (Wildman–Crippen MR) is 61.8 cm³/mol. The van der Waals surface area contributed by atoms with E-state index < -0.39 is 16.8 Å². The Balaban J connectivity index is 0. The second-order valence-corrected chi connectivity index (χ2v) is 4.13. The summed E-state index contributed by atoms with van der Waals surface area (Å²) in [6, 6.07) is 0. The van der Waals surface area contributed by atoms with Crippen molar-refractivity contribution < 1.29 is 20.1 Å². The van der Waals surface area contributed by atoms with Crippen LogP contribution in [0.4, 0.5) is 0 Å². The molecule has 0 aliphatic carbocycles. The van der Waals surface area contributed by atoms with Crippen LogP contribution in [0.3, 0.4) is 0 Å². The predicted octanol–water partition coefficient (Wildman–Crippen LogP) is 1.13. The molecule has 0 unspecified atom stereocenters. The van der Waals surface area contributed by atoms with Gasteiger partial charge in [0.25, 0.3) is 0 Å². The van der Waals surface area contributed by atoms with Crippen molar-refractivity contribution in [2.45, 2.75) is 43.5 Å². The summed E-state index contributed by atoms with van der Waals surface area (Å²) >= 11 is 6.92. The number of aliphatic carboxylic acids is 1. The maximum Gasteiger partial charge on any atom is 0.326 e. The molecule has 0 fully saturated rings. The quantitative estimate of drug-likeness (QED) is 0.284. The van der Waals surface area contributed by atoms with Gasteiger partial charge in [0.05, 0.1) is 0 Å². The average Bonchev–Trinajstić information content (AvgIpc) is 2.05. The standard InChI is InChI=1S/C6H14O2.C2H4O2S2/c1-2-3-4-5-6(7)8;3-1(4)2(5)6/h6-8H,2-5H2,1H3;2,5-6H,(H,3,4). The van der Waals surface area contributed by atoms with Crippen molar-refractivity contribution in [2.24, 2.45) is 0 Å². The third kappa shape index (κ3) is 18.0. The summed E-state index contributed by atoms with van der Waals surface area (Å²) in [5.74, 6) is -1.01. The van der Waals surface area contributed by atoms with E-state index in [-0.39, 0.29) is 0 Å². The Morgan fingerprint density at radius 3 is 1.93 bits per heavy atom. The topological polar surface area (TPSA) is 77.8 Å². The molecule has 0 amide bonds. The molecule has 0 heterocycles. The molecule has 0 saturated heterocycles. The zero-order valence-corrected chi connectivity index (χ0v) is 9.92. The van der Waals surface area contributed by atoms with Crippen molar-refractivity contribution >= 4 is 31.2 Å². The van der Waals surface area contributed by atoms with Crippen molar-refractivity contribution in [3.05, 3.63) is 0 Å². The third-order valence-corrected chi connectivity index (χ3v) is 1.73. The lowest BCUT2D eigenvalue weighted by atomic mass is 10.2. The van der Waals surface area contributed by atoms with E-state index in [9.17, 15) is 4.79 Å². The molecule has 0 spiro atoms. The van der Waals surface area contributed by atoms with Crippen LogP contribution in [0.15, 0.2) is 0 Å². The Labute approximate surface area is 95.2 Å². The number of aliphatic hydroxyl groups excluding tert-OH is 1. The molecule has 0 aromatic heterocycles. The Morgan fingerprint density at radius 1 is 1.29 bits per heavy atom. The fourth-order valence-electron chi connectivity index (χ4n) is 0.577. The van der Waals surface area contributed by atoms with E-state index in [1.165, 1.54) is 0 Å². The van der Waals surface area contributed by atoms with E-state index in [1.807, 2.05) is 0 Å². The molecule has 0 rings (SSSR count). The molecule has 0 aromatic carbocycles. The largest absolute Gasteiger partial charge is 0.480 e. The smallest absolute Gasteiger partial charge is 0.326 e. The first-order valence-corrected chi connectivity index (χ1v) is 5.40. The molecule has 0 radical (unpaired) electrons. The number of hydrogen-bond donors (Lipinski definition) is 5. The molecule has 4 nitrogen and oxygen atoms in total. The normalized spacial score (nSPS) is 9.93. The average molecular weight is 242 g/mol. The molecule has 0 aliphatic heterocycles. The summed E-state index contributed by atoms with van der Waals surface area (Å²) in [4.78, 5) is 9.55. The highest BCUT2D eigenvalue weighted by Crippen LogP contribution is 2.00. The van der Waals surface area contributed by atoms with Gasteiger partial charge in [-0.1, -0.05) is 19.8 Å². The van der Waals surface area contributed by atoms with E-state index in [2.05, 4.69) is 32.2 Å². The third-order valence-electron chi connectivity index (χ3n) is 1.29. The van der Waals surface area contributed by atoms with E-state index >= 15 is 0 Å². The highest BCUT2D eigenvalue weighted by atomic mass is 32.2. The fourth-order valence-corrected chi connectivity index (χ4v) is 0.577. The highest BCUT2D eigenvalue weighted by Gasteiger charge is 2.01. The van der Waals surface area contributed by atoms with Crippen LogP contribution in [0.5, 0.6) is 0 Å². The minimum atomic E-state index is -1.10. The molecule has 0 aliphatic rings. The number of carboxylic acid groups (broad SMARTS) is 1. The van der Waals surface area contributed by atoms with Crippen LogP contribution in [0.1, 0.15) is 32.6 Å². The Morgan fingerprint density at radius 2 is 1.71 bits per heavy atom. The minimum absolute atomic E-state index is 0.522. The van der Waals surface area contributed by atoms with Crippen molar-refractivity contribution in [1.82, 2.24) is 0 Å². The molecule has 0 bridgehead atoms. The monoisotopic (exact) mass is 242 g/mol. The van der Waals surface area contributed by atoms with E-state index in [0.29, 0.717) is 6.42 Å². The summed E-state index contributed by atoms with van der Waals surface area (Å²) in [5.41, 5.74) is 0. The van der Waals surface area contributed by atoms with Gasteiger partial charge >= 0.3 is 5.97 Å². The summed E-state index contributed by atoms with van der Waals surface area (Å²) in [5, 5.41) is 24.5. The van der Waals surface area contributed by atoms with Gasteiger partial charge in [-0.05, 0) is 12.8 Å². The maximum atomic E-state index is 9.55. The first-order chi connectivity index (χ1) is 6.41. The molecule has 0 saturated carbocycles. The molecule has 3 N–H and O–H groups in total. The second kappa shape index (κ2) is 11.2. The maximum absolute atomic E-state index is 9.55. The molecule has 86 valence electrons. The van der Waals surface area contributed by atoms with E-state index in [1.54, 1.807) is 0 Å². The summed E-state index contributed by atoms with van der Waals surface area (Å²) in [6.07, 6.45) is 2.58. The SMILES string of the molecule is CCCCCC(O)O.O=C(O)C(S)S. The Hall–Kier alpha value is 0.0900. The van der Waals surface area contributed by atoms with Gasteiger partial charge in [0.15, 0.2) is 6.29 Å². The van der Waals surface area contributed by atoms with Crippen molar-refractivity contribution in [2.75, 3.05) is 0 Å². The lowest BCUT2D eigenvalue weighted by molar-refractivity contribution is -0.134. The first-order valence-electron chi connectivity index (χ1n) is 4.36. The van der Waals surface area contributed by atoms with Gasteiger partial charge in [-0.3, -0.25) is 4.79 Å². The van der Waals surface area contributed by atoms with Crippen LogP contribution < -0.4 is 0 Å². The zero-order valence-electron chi connectivity index (χ0n) is 8.13. The van der Waals surface area contributed by atoms with Gasteiger partial charge in [-0.2, -0.15) is 25.3 Å². The van der Waals surface area contributed by atoms with E-state index in [0.717, 1.165) is 19.3 Å². The number of rotatable bonds is 5. The number of unbranched alkanes of at least 4 members (excludes halogenated alkanes) is 2. The Bertz CT molecular complexity index is 139. The number of hydrogen-bond acceptors (Lipinski definition) is 5. The lowest BCUT2D eigenvalue weighted by Crippen LogP contribution is -2.04. The van der Waals surface area contributed by atoms with Gasteiger partial charge in [-0.25, -0.2) is 0 Å². The summed E-state index contributed by atoms with van der Waals surface area (Å²) in [6.45, 7) is 2.09. The molecular formula is C8H18O4S2. The summed E-state index contributed by atoms with van der Waals surface area (Å²) in [7, 11) is 0. The number of carbonyl (C=O) groups is 1.